The highest BCUT2D eigenvalue weighted by Gasteiger charge is 2.10. The molecular weight excluding hydrogens is 222 g/mol. The third-order valence-electron chi connectivity index (χ3n) is 2.63. The smallest absolute Gasteiger partial charge is 0.254 e. The van der Waals surface area contributed by atoms with Crippen LogP contribution < -0.4 is 15.0 Å². The molecule has 0 fully saturated rings. The van der Waals surface area contributed by atoms with E-state index in [4.69, 9.17) is 14.6 Å². The molecule has 1 aromatic heterocycles. The first-order chi connectivity index (χ1) is 8.21. The van der Waals surface area contributed by atoms with Gasteiger partial charge in [-0.2, -0.15) is 0 Å². The zero-order chi connectivity index (χ0) is 12.4. The summed E-state index contributed by atoms with van der Waals surface area (Å²) in [7, 11) is 3.07. The lowest BCUT2D eigenvalue weighted by molar-refractivity contribution is 0.280. The number of rotatable bonds is 3. The van der Waals surface area contributed by atoms with Crippen LogP contribution in [-0.2, 0) is 6.61 Å². The highest BCUT2D eigenvalue weighted by molar-refractivity contribution is 5.90. The Morgan fingerprint density at radius 2 is 1.88 bits per heavy atom. The molecule has 0 aliphatic heterocycles. The molecule has 0 spiro atoms. The molecule has 0 radical (unpaired) electrons. The second-order valence-corrected chi connectivity index (χ2v) is 3.54. The number of aliphatic hydroxyl groups excluding tert-OH is 1. The summed E-state index contributed by atoms with van der Waals surface area (Å²) in [6.45, 7) is -0.314. The van der Waals surface area contributed by atoms with Crippen molar-refractivity contribution in [2.45, 2.75) is 6.61 Å². The number of ether oxygens (including phenoxy) is 2. The molecular formula is C12H13NO4. The average molecular weight is 235 g/mol. The van der Waals surface area contributed by atoms with E-state index >= 15 is 0 Å². The van der Waals surface area contributed by atoms with E-state index in [0.717, 1.165) is 0 Å². The van der Waals surface area contributed by atoms with Crippen molar-refractivity contribution in [3.05, 3.63) is 34.1 Å². The average Bonchev–Trinajstić information content (AvgIpc) is 2.36. The van der Waals surface area contributed by atoms with Crippen LogP contribution in [0.1, 0.15) is 5.56 Å². The largest absolute Gasteiger partial charge is 0.496 e. The second-order valence-electron chi connectivity index (χ2n) is 3.54. The number of fused-ring (bicyclic) bond motifs is 1. The molecule has 0 atom stereocenters. The molecule has 0 saturated heterocycles. The van der Waals surface area contributed by atoms with Crippen LogP contribution in [0.2, 0.25) is 0 Å². The molecule has 5 nitrogen and oxygen atoms in total. The second kappa shape index (κ2) is 4.47. The summed E-state index contributed by atoms with van der Waals surface area (Å²) in [6.07, 6.45) is 0. The quantitative estimate of drug-likeness (QED) is 0.833. The van der Waals surface area contributed by atoms with E-state index in [1.807, 2.05) is 0 Å². The van der Waals surface area contributed by atoms with E-state index in [1.165, 1.54) is 7.11 Å². The van der Waals surface area contributed by atoms with Crippen LogP contribution in [0.25, 0.3) is 10.9 Å². The number of aromatic amines is 1. The number of pyridine rings is 1. The summed E-state index contributed by atoms with van der Waals surface area (Å²) in [5.74, 6) is 1.18. The Kier molecular flexibility index (Phi) is 3.01. The van der Waals surface area contributed by atoms with Gasteiger partial charge in [-0.25, -0.2) is 0 Å². The van der Waals surface area contributed by atoms with Gasteiger partial charge in [-0.3, -0.25) is 4.79 Å². The van der Waals surface area contributed by atoms with Crippen molar-refractivity contribution in [3.8, 4) is 11.5 Å². The fourth-order valence-corrected chi connectivity index (χ4v) is 1.75. The van der Waals surface area contributed by atoms with Crippen LogP contribution in [0.3, 0.4) is 0 Å². The summed E-state index contributed by atoms with van der Waals surface area (Å²) in [6, 6.07) is 5.08. The van der Waals surface area contributed by atoms with Gasteiger partial charge in [-0.1, -0.05) is 0 Å². The fraction of sp³-hybridized carbons (Fsp3) is 0.250. The number of methoxy groups -OCH3 is 2. The van der Waals surface area contributed by atoms with E-state index in [1.54, 1.807) is 25.3 Å². The number of H-pyrrole nitrogens is 1. The maximum atomic E-state index is 11.6. The highest BCUT2D eigenvalue weighted by atomic mass is 16.5. The zero-order valence-corrected chi connectivity index (χ0v) is 9.61. The predicted octanol–water partition coefficient (Wildman–Crippen LogP) is 1.04. The number of benzene rings is 1. The molecule has 90 valence electrons. The van der Waals surface area contributed by atoms with Crippen LogP contribution >= 0.6 is 0 Å². The Hall–Kier alpha value is -2.01. The van der Waals surface area contributed by atoms with Crippen molar-refractivity contribution < 1.29 is 14.6 Å². The van der Waals surface area contributed by atoms with Gasteiger partial charge in [0.1, 0.15) is 11.5 Å². The van der Waals surface area contributed by atoms with Crippen LogP contribution in [0, 0.1) is 0 Å². The summed E-state index contributed by atoms with van der Waals surface area (Å²) in [4.78, 5) is 14.3. The topological polar surface area (TPSA) is 71.5 Å². The zero-order valence-electron chi connectivity index (χ0n) is 9.61. The fourth-order valence-electron chi connectivity index (χ4n) is 1.75. The first-order valence-electron chi connectivity index (χ1n) is 5.09. The van der Waals surface area contributed by atoms with Gasteiger partial charge in [0.15, 0.2) is 0 Å². The van der Waals surface area contributed by atoms with Gasteiger partial charge in [-0.15, -0.1) is 0 Å². The number of nitrogens with one attached hydrogen (secondary N) is 1. The molecule has 2 rings (SSSR count). The first kappa shape index (κ1) is 11.5. The summed E-state index contributed by atoms with van der Waals surface area (Å²) >= 11 is 0. The van der Waals surface area contributed by atoms with E-state index in [2.05, 4.69) is 4.98 Å². The molecule has 1 aromatic carbocycles. The van der Waals surface area contributed by atoms with Gasteiger partial charge < -0.3 is 19.6 Å². The lowest BCUT2D eigenvalue weighted by atomic mass is 10.1. The molecule has 0 amide bonds. The summed E-state index contributed by atoms with van der Waals surface area (Å²) in [5.41, 5.74) is 0.532. The third-order valence-corrected chi connectivity index (χ3v) is 2.63. The molecule has 17 heavy (non-hydrogen) atoms. The minimum absolute atomic E-state index is 0.295. The minimum Gasteiger partial charge on any atom is -0.496 e. The Labute approximate surface area is 97.6 Å². The van der Waals surface area contributed by atoms with Crippen LogP contribution in [0.15, 0.2) is 23.0 Å². The number of aromatic nitrogens is 1. The van der Waals surface area contributed by atoms with Crippen LogP contribution in [-0.4, -0.2) is 24.3 Å². The Morgan fingerprint density at radius 1 is 1.24 bits per heavy atom. The maximum Gasteiger partial charge on any atom is 0.254 e. The van der Waals surface area contributed by atoms with Crippen LogP contribution in [0.5, 0.6) is 11.5 Å². The van der Waals surface area contributed by atoms with E-state index < -0.39 is 0 Å². The molecule has 0 unspecified atom stereocenters. The van der Waals surface area contributed by atoms with Crippen molar-refractivity contribution in [2.24, 2.45) is 0 Å². The Bertz CT molecular complexity index is 603. The molecule has 0 aliphatic carbocycles. The summed E-state index contributed by atoms with van der Waals surface area (Å²) in [5, 5.41) is 9.78. The lowest BCUT2D eigenvalue weighted by Gasteiger charge is -2.10. The molecule has 1 heterocycles. The van der Waals surface area contributed by atoms with Gasteiger partial charge in [0.2, 0.25) is 0 Å². The van der Waals surface area contributed by atoms with Crippen molar-refractivity contribution in [1.82, 2.24) is 4.98 Å². The normalized spacial score (nSPS) is 10.5. The van der Waals surface area contributed by atoms with Crippen molar-refractivity contribution >= 4 is 10.9 Å². The molecule has 0 aliphatic rings. The molecule has 0 bridgehead atoms. The van der Waals surface area contributed by atoms with E-state index in [-0.39, 0.29) is 12.2 Å². The minimum atomic E-state index is -0.327. The Morgan fingerprint density at radius 3 is 2.47 bits per heavy atom. The number of aliphatic hydroxyl groups is 1. The van der Waals surface area contributed by atoms with Crippen LogP contribution in [0.4, 0.5) is 0 Å². The van der Waals surface area contributed by atoms with Crippen molar-refractivity contribution in [3.63, 3.8) is 0 Å². The number of hydrogen-bond donors (Lipinski definition) is 2. The highest BCUT2D eigenvalue weighted by Crippen LogP contribution is 2.30. The van der Waals surface area contributed by atoms with Crippen molar-refractivity contribution in [2.75, 3.05) is 14.2 Å². The van der Waals surface area contributed by atoms with Crippen molar-refractivity contribution in [1.29, 1.82) is 0 Å². The van der Waals surface area contributed by atoms with Gasteiger partial charge in [-0.05, 0) is 18.2 Å². The van der Waals surface area contributed by atoms with E-state index in [0.29, 0.717) is 28.0 Å². The van der Waals surface area contributed by atoms with Gasteiger partial charge in [0.05, 0.1) is 26.3 Å². The number of hydrogen-bond acceptors (Lipinski definition) is 4. The van der Waals surface area contributed by atoms with Gasteiger partial charge >= 0.3 is 0 Å². The Balaban J connectivity index is 2.86. The molecule has 5 heteroatoms. The third kappa shape index (κ3) is 1.85. The monoisotopic (exact) mass is 235 g/mol. The van der Waals surface area contributed by atoms with Gasteiger partial charge in [0, 0.05) is 10.9 Å². The predicted molar refractivity (Wildman–Crippen MR) is 63.6 cm³/mol. The molecule has 2 N–H and O–H groups in total. The molecule has 2 aromatic rings. The lowest BCUT2D eigenvalue weighted by Crippen LogP contribution is -2.12. The first-order valence-corrected chi connectivity index (χ1v) is 5.09. The van der Waals surface area contributed by atoms with Gasteiger partial charge in [0.25, 0.3) is 5.56 Å². The van der Waals surface area contributed by atoms with E-state index in [9.17, 15) is 4.79 Å². The maximum absolute atomic E-state index is 11.6. The summed E-state index contributed by atoms with van der Waals surface area (Å²) < 4.78 is 10.4. The molecule has 0 saturated carbocycles. The SMILES string of the molecule is COc1ccc(OC)c2[nH]c(=O)c(CO)cc12. The standard InChI is InChI=1S/C12H13NO4/c1-16-9-3-4-10(17-2)11-8(9)5-7(6-14)12(15)13-11/h3-5,14H,6H2,1-2H3,(H,13,15).